The molecule has 110 valence electrons. The second-order valence-corrected chi connectivity index (χ2v) is 5.53. The molecular weight excluding hydrogens is 254 g/mol. The largest absolute Gasteiger partial charge is 0.484 e. The van der Waals surface area contributed by atoms with Crippen LogP contribution in [0.4, 0.5) is 0 Å². The molecule has 1 fully saturated rings. The Morgan fingerprint density at radius 2 is 1.95 bits per heavy atom. The maximum Gasteiger partial charge on any atom is 0.260 e. The molecule has 0 radical (unpaired) electrons. The minimum Gasteiger partial charge on any atom is -0.484 e. The highest BCUT2D eigenvalue weighted by atomic mass is 16.5. The second-order valence-electron chi connectivity index (χ2n) is 5.53. The fraction of sp³-hybridized carbons (Fsp3) is 0.562. The van der Waals surface area contributed by atoms with E-state index in [-0.39, 0.29) is 18.6 Å². The Hall–Kier alpha value is -1.55. The SMILES string of the molecule is Cc1ccc(OCC(=O)N(C)[C@@H]2CCCC[C@@H]2O)cc1. The van der Waals surface area contributed by atoms with Gasteiger partial charge in [0, 0.05) is 7.05 Å². The lowest BCUT2D eigenvalue weighted by Crippen LogP contribution is -2.47. The minimum absolute atomic E-state index is 0.0166. The lowest BCUT2D eigenvalue weighted by atomic mass is 9.91. The molecule has 1 aliphatic carbocycles. The van der Waals surface area contributed by atoms with Crippen LogP contribution >= 0.6 is 0 Å². The molecule has 0 saturated heterocycles. The summed E-state index contributed by atoms with van der Waals surface area (Å²) >= 11 is 0. The Labute approximate surface area is 120 Å². The standard InChI is InChI=1S/C16H23NO3/c1-12-7-9-13(10-8-12)20-11-16(19)17(2)14-5-3-4-6-15(14)18/h7-10,14-15,18H,3-6,11H2,1-2H3/t14-,15+/m1/s1. The number of likely N-dealkylation sites (N-methyl/N-ethyl adjacent to an activating group) is 1. The number of aliphatic hydroxyl groups is 1. The summed E-state index contributed by atoms with van der Waals surface area (Å²) in [6.07, 6.45) is 3.35. The Balaban J connectivity index is 1.86. The van der Waals surface area contributed by atoms with Gasteiger partial charge in [0.25, 0.3) is 5.91 Å². The third-order valence-corrected chi connectivity index (χ3v) is 3.97. The summed E-state index contributed by atoms with van der Waals surface area (Å²) in [5.74, 6) is 0.609. The van der Waals surface area contributed by atoms with Crippen molar-refractivity contribution in [2.75, 3.05) is 13.7 Å². The molecule has 1 amide bonds. The minimum atomic E-state index is -0.405. The van der Waals surface area contributed by atoms with E-state index in [0.29, 0.717) is 5.75 Å². The maximum atomic E-state index is 12.1. The van der Waals surface area contributed by atoms with Gasteiger partial charge in [0.15, 0.2) is 6.61 Å². The van der Waals surface area contributed by atoms with E-state index >= 15 is 0 Å². The van der Waals surface area contributed by atoms with E-state index in [1.165, 1.54) is 0 Å². The van der Waals surface area contributed by atoms with Crippen LogP contribution in [-0.4, -0.2) is 41.7 Å². The summed E-state index contributed by atoms with van der Waals surface area (Å²) in [6.45, 7) is 2.02. The zero-order chi connectivity index (χ0) is 14.5. The number of ether oxygens (including phenoxy) is 1. The first-order valence-corrected chi connectivity index (χ1v) is 7.21. The molecule has 0 aromatic heterocycles. The van der Waals surface area contributed by atoms with E-state index < -0.39 is 6.10 Å². The fourth-order valence-corrected chi connectivity index (χ4v) is 2.61. The molecule has 0 heterocycles. The zero-order valence-corrected chi connectivity index (χ0v) is 12.2. The van der Waals surface area contributed by atoms with Crippen molar-refractivity contribution in [3.05, 3.63) is 29.8 Å². The first-order chi connectivity index (χ1) is 9.58. The number of nitrogens with zero attached hydrogens (tertiary/aromatic N) is 1. The average Bonchev–Trinajstić information content (AvgIpc) is 2.46. The highest BCUT2D eigenvalue weighted by Crippen LogP contribution is 2.22. The van der Waals surface area contributed by atoms with Gasteiger partial charge in [-0.05, 0) is 31.9 Å². The van der Waals surface area contributed by atoms with E-state index in [1.54, 1.807) is 11.9 Å². The lowest BCUT2D eigenvalue weighted by molar-refractivity contribution is -0.137. The van der Waals surface area contributed by atoms with Crippen LogP contribution in [0.1, 0.15) is 31.2 Å². The Morgan fingerprint density at radius 3 is 2.60 bits per heavy atom. The highest BCUT2D eigenvalue weighted by Gasteiger charge is 2.29. The van der Waals surface area contributed by atoms with Gasteiger partial charge in [-0.3, -0.25) is 4.79 Å². The number of rotatable bonds is 4. The first-order valence-electron chi connectivity index (χ1n) is 7.21. The Kier molecular flexibility index (Phi) is 5.01. The molecule has 20 heavy (non-hydrogen) atoms. The van der Waals surface area contributed by atoms with Crippen LogP contribution in [0, 0.1) is 6.92 Å². The molecule has 0 bridgehead atoms. The molecule has 2 atom stereocenters. The fourth-order valence-electron chi connectivity index (χ4n) is 2.61. The van der Waals surface area contributed by atoms with E-state index in [1.807, 2.05) is 31.2 Å². The van der Waals surface area contributed by atoms with Crippen LogP contribution < -0.4 is 4.74 Å². The van der Waals surface area contributed by atoms with Crippen molar-refractivity contribution in [3.63, 3.8) is 0 Å². The number of aliphatic hydroxyl groups excluding tert-OH is 1. The zero-order valence-electron chi connectivity index (χ0n) is 12.2. The second kappa shape index (κ2) is 6.75. The molecule has 4 nitrogen and oxygen atoms in total. The molecule has 0 spiro atoms. The first kappa shape index (κ1) is 14.9. The Bertz CT molecular complexity index is 444. The summed E-state index contributed by atoms with van der Waals surface area (Å²) in [7, 11) is 1.75. The summed E-state index contributed by atoms with van der Waals surface area (Å²) in [4.78, 5) is 13.8. The number of aryl methyl sites for hydroxylation is 1. The van der Waals surface area contributed by atoms with E-state index in [9.17, 15) is 9.90 Å². The third kappa shape index (κ3) is 3.73. The van der Waals surface area contributed by atoms with Gasteiger partial charge in [-0.2, -0.15) is 0 Å². The number of carbonyl (C=O) groups excluding carboxylic acids is 1. The normalized spacial score (nSPS) is 22.4. The summed E-state index contributed by atoms with van der Waals surface area (Å²) in [5, 5.41) is 9.97. The number of hydrogen-bond donors (Lipinski definition) is 1. The van der Waals surface area contributed by atoms with Gasteiger partial charge in [-0.1, -0.05) is 30.5 Å². The quantitative estimate of drug-likeness (QED) is 0.917. The van der Waals surface area contributed by atoms with Crippen molar-refractivity contribution in [1.82, 2.24) is 4.90 Å². The summed E-state index contributed by atoms with van der Waals surface area (Å²) in [5.41, 5.74) is 1.16. The van der Waals surface area contributed by atoms with Crippen molar-refractivity contribution >= 4 is 5.91 Å². The van der Waals surface area contributed by atoms with Gasteiger partial charge in [0.2, 0.25) is 0 Å². The van der Waals surface area contributed by atoms with Crippen molar-refractivity contribution < 1.29 is 14.6 Å². The van der Waals surface area contributed by atoms with Crippen LogP contribution in [0.2, 0.25) is 0 Å². The molecule has 0 unspecified atom stereocenters. The predicted octanol–water partition coefficient (Wildman–Crippen LogP) is 2.14. The molecule has 0 aliphatic heterocycles. The molecule has 2 rings (SSSR count). The molecule has 1 aromatic carbocycles. The van der Waals surface area contributed by atoms with Crippen molar-refractivity contribution in [2.45, 2.75) is 44.8 Å². The van der Waals surface area contributed by atoms with Crippen LogP contribution in [-0.2, 0) is 4.79 Å². The summed E-state index contributed by atoms with van der Waals surface area (Å²) < 4.78 is 5.50. The lowest BCUT2D eigenvalue weighted by Gasteiger charge is -2.35. The molecular formula is C16H23NO3. The van der Waals surface area contributed by atoms with Crippen molar-refractivity contribution in [3.8, 4) is 5.75 Å². The molecule has 1 saturated carbocycles. The number of carbonyl (C=O) groups is 1. The van der Waals surface area contributed by atoms with E-state index in [2.05, 4.69) is 0 Å². The van der Waals surface area contributed by atoms with Crippen LogP contribution in [0.15, 0.2) is 24.3 Å². The molecule has 1 aromatic rings. The van der Waals surface area contributed by atoms with E-state index in [4.69, 9.17) is 4.74 Å². The predicted molar refractivity (Wildman–Crippen MR) is 77.7 cm³/mol. The maximum absolute atomic E-state index is 12.1. The number of amides is 1. The third-order valence-electron chi connectivity index (χ3n) is 3.97. The highest BCUT2D eigenvalue weighted by molar-refractivity contribution is 5.77. The van der Waals surface area contributed by atoms with Gasteiger partial charge < -0.3 is 14.7 Å². The van der Waals surface area contributed by atoms with Crippen LogP contribution in [0.3, 0.4) is 0 Å². The Morgan fingerprint density at radius 1 is 1.30 bits per heavy atom. The van der Waals surface area contributed by atoms with Crippen LogP contribution in [0.25, 0.3) is 0 Å². The summed E-state index contributed by atoms with van der Waals surface area (Å²) in [6, 6.07) is 7.55. The number of hydrogen-bond acceptors (Lipinski definition) is 3. The smallest absolute Gasteiger partial charge is 0.260 e. The van der Waals surface area contributed by atoms with Gasteiger partial charge in [-0.25, -0.2) is 0 Å². The molecule has 1 aliphatic rings. The van der Waals surface area contributed by atoms with Crippen LogP contribution in [0.5, 0.6) is 5.75 Å². The van der Waals surface area contributed by atoms with E-state index in [0.717, 1.165) is 31.2 Å². The van der Waals surface area contributed by atoms with Gasteiger partial charge in [0.05, 0.1) is 12.1 Å². The monoisotopic (exact) mass is 277 g/mol. The van der Waals surface area contributed by atoms with Gasteiger partial charge in [-0.15, -0.1) is 0 Å². The van der Waals surface area contributed by atoms with Gasteiger partial charge in [0.1, 0.15) is 5.75 Å². The van der Waals surface area contributed by atoms with Gasteiger partial charge >= 0.3 is 0 Å². The molecule has 1 N–H and O–H groups in total. The number of benzene rings is 1. The van der Waals surface area contributed by atoms with Crippen molar-refractivity contribution in [1.29, 1.82) is 0 Å². The molecule has 4 heteroatoms. The topological polar surface area (TPSA) is 49.8 Å². The average molecular weight is 277 g/mol. The van der Waals surface area contributed by atoms with Crippen molar-refractivity contribution in [2.24, 2.45) is 0 Å².